The Labute approximate surface area is 103 Å². The second kappa shape index (κ2) is 5.17. The molecule has 17 heavy (non-hydrogen) atoms. The van der Waals surface area contributed by atoms with Gasteiger partial charge in [0.05, 0.1) is 5.60 Å². The molecular weight excluding hydrogens is 212 g/mol. The van der Waals surface area contributed by atoms with Gasteiger partial charge in [0.15, 0.2) is 0 Å². The third kappa shape index (κ3) is 3.53. The normalized spacial score (nSPS) is 31.1. The van der Waals surface area contributed by atoms with Gasteiger partial charge in [-0.15, -0.1) is 0 Å². The predicted molar refractivity (Wildman–Crippen MR) is 69.8 cm³/mol. The Bertz CT molecular complexity index is 350. The largest absolute Gasteiger partial charge is 0.388 e. The van der Waals surface area contributed by atoms with Gasteiger partial charge in [0.25, 0.3) is 0 Å². The summed E-state index contributed by atoms with van der Waals surface area (Å²) >= 11 is 0. The fourth-order valence-corrected chi connectivity index (χ4v) is 2.36. The van der Waals surface area contributed by atoms with Crippen molar-refractivity contribution in [2.24, 2.45) is 0 Å². The first kappa shape index (κ1) is 12.6. The summed E-state index contributed by atoms with van der Waals surface area (Å²) in [6.45, 7) is 7.33. The molecule has 1 aliphatic heterocycles. The van der Waals surface area contributed by atoms with Crippen LogP contribution in [0.5, 0.6) is 0 Å². The molecule has 2 unspecified atom stereocenters. The van der Waals surface area contributed by atoms with E-state index in [4.69, 9.17) is 0 Å². The predicted octanol–water partition coefficient (Wildman–Crippen LogP) is 1.23. The van der Waals surface area contributed by atoms with Crippen molar-refractivity contribution in [1.82, 2.24) is 10.2 Å². The standard InChI is InChI=1S/C14H22N2O/c1-12-8-15-10-14(2,17)11-16(12)9-13-6-4-3-5-7-13/h3-7,12,15,17H,8-11H2,1-2H3. The van der Waals surface area contributed by atoms with E-state index < -0.39 is 5.60 Å². The summed E-state index contributed by atoms with van der Waals surface area (Å²) in [7, 11) is 0. The highest BCUT2D eigenvalue weighted by Crippen LogP contribution is 2.15. The molecule has 1 aliphatic rings. The summed E-state index contributed by atoms with van der Waals surface area (Å²) in [5, 5.41) is 13.5. The van der Waals surface area contributed by atoms with Crippen LogP contribution in [0.3, 0.4) is 0 Å². The van der Waals surface area contributed by atoms with Crippen LogP contribution >= 0.6 is 0 Å². The number of β-amino-alcohol motifs (C(OH)–C–C–N with tert-alkyl or cyclic N) is 1. The molecule has 0 aliphatic carbocycles. The molecule has 0 amide bonds. The van der Waals surface area contributed by atoms with Crippen LogP contribution in [0.2, 0.25) is 0 Å². The van der Waals surface area contributed by atoms with E-state index in [-0.39, 0.29) is 0 Å². The zero-order valence-corrected chi connectivity index (χ0v) is 10.7. The molecule has 2 atom stereocenters. The number of aliphatic hydroxyl groups is 1. The third-order valence-corrected chi connectivity index (χ3v) is 3.34. The van der Waals surface area contributed by atoms with Gasteiger partial charge in [-0.05, 0) is 19.4 Å². The van der Waals surface area contributed by atoms with Crippen LogP contribution in [-0.2, 0) is 6.54 Å². The fourth-order valence-electron chi connectivity index (χ4n) is 2.36. The van der Waals surface area contributed by atoms with Crippen molar-refractivity contribution in [3.05, 3.63) is 35.9 Å². The summed E-state index contributed by atoms with van der Waals surface area (Å²) < 4.78 is 0. The number of hydrogen-bond donors (Lipinski definition) is 2. The Morgan fingerprint density at radius 2 is 2.12 bits per heavy atom. The molecule has 1 aromatic rings. The van der Waals surface area contributed by atoms with E-state index in [1.54, 1.807) is 0 Å². The lowest BCUT2D eigenvalue weighted by atomic mass is 10.1. The molecule has 1 heterocycles. The second-order valence-electron chi connectivity index (χ2n) is 5.37. The van der Waals surface area contributed by atoms with Gasteiger partial charge in [0.1, 0.15) is 0 Å². The maximum atomic E-state index is 10.2. The van der Waals surface area contributed by atoms with Crippen molar-refractivity contribution in [2.75, 3.05) is 19.6 Å². The van der Waals surface area contributed by atoms with Crippen molar-refractivity contribution in [1.29, 1.82) is 0 Å². The average molecular weight is 234 g/mol. The van der Waals surface area contributed by atoms with E-state index in [2.05, 4.69) is 41.4 Å². The lowest BCUT2D eigenvalue weighted by Gasteiger charge is -2.31. The highest BCUT2D eigenvalue weighted by atomic mass is 16.3. The molecule has 2 rings (SSSR count). The smallest absolute Gasteiger partial charge is 0.0869 e. The summed E-state index contributed by atoms with van der Waals surface area (Å²) in [4.78, 5) is 2.34. The van der Waals surface area contributed by atoms with Crippen LogP contribution in [0, 0.1) is 0 Å². The highest BCUT2D eigenvalue weighted by Gasteiger charge is 2.29. The Morgan fingerprint density at radius 1 is 1.41 bits per heavy atom. The number of benzene rings is 1. The zero-order valence-electron chi connectivity index (χ0n) is 10.7. The van der Waals surface area contributed by atoms with Gasteiger partial charge in [-0.3, -0.25) is 4.90 Å². The van der Waals surface area contributed by atoms with Gasteiger partial charge in [-0.1, -0.05) is 30.3 Å². The molecule has 3 heteroatoms. The minimum absolute atomic E-state index is 0.448. The van der Waals surface area contributed by atoms with Gasteiger partial charge < -0.3 is 10.4 Å². The lowest BCUT2D eigenvalue weighted by Crippen LogP contribution is -2.44. The quantitative estimate of drug-likeness (QED) is 0.808. The summed E-state index contributed by atoms with van der Waals surface area (Å²) in [5.74, 6) is 0. The Kier molecular flexibility index (Phi) is 3.82. The molecule has 0 radical (unpaired) electrons. The van der Waals surface area contributed by atoms with Crippen LogP contribution in [-0.4, -0.2) is 41.3 Å². The Balaban J connectivity index is 2.07. The van der Waals surface area contributed by atoms with Crippen LogP contribution in [0.25, 0.3) is 0 Å². The number of nitrogens with zero attached hydrogens (tertiary/aromatic N) is 1. The second-order valence-corrected chi connectivity index (χ2v) is 5.37. The summed E-state index contributed by atoms with van der Waals surface area (Å²) in [6, 6.07) is 10.9. The zero-order chi connectivity index (χ0) is 12.3. The van der Waals surface area contributed by atoms with E-state index in [0.717, 1.165) is 19.6 Å². The average Bonchev–Trinajstić information content (AvgIpc) is 2.40. The monoisotopic (exact) mass is 234 g/mol. The van der Waals surface area contributed by atoms with Gasteiger partial charge in [-0.25, -0.2) is 0 Å². The molecule has 0 spiro atoms. The third-order valence-electron chi connectivity index (χ3n) is 3.34. The van der Waals surface area contributed by atoms with E-state index in [9.17, 15) is 5.11 Å². The molecule has 1 aromatic carbocycles. The highest BCUT2D eigenvalue weighted by molar-refractivity contribution is 5.14. The summed E-state index contributed by atoms with van der Waals surface area (Å²) in [5.41, 5.74) is 0.663. The minimum atomic E-state index is -0.639. The number of rotatable bonds is 2. The molecule has 1 saturated heterocycles. The van der Waals surface area contributed by atoms with Crippen LogP contribution in [0.1, 0.15) is 19.4 Å². The SMILES string of the molecule is CC1CNCC(C)(O)CN1Cc1ccccc1. The van der Waals surface area contributed by atoms with Crippen molar-refractivity contribution < 1.29 is 5.11 Å². The van der Waals surface area contributed by atoms with Crippen molar-refractivity contribution >= 4 is 0 Å². The van der Waals surface area contributed by atoms with Gasteiger partial charge >= 0.3 is 0 Å². The fraction of sp³-hybridized carbons (Fsp3) is 0.571. The Hall–Kier alpha value is -0.900. The van der Waals surface area contributed by atoms with Crippen molar-refractivity contribution in [3.63, 3.8) is 0 Å². The van der Waals surface area contributed by atoms with Crippen LogP contribution in [0.15, 0.2) is 30.3 Å². The van der Waals surface area contributed by atoms with Crippen LogP contribution in [0.4, 0.5) is 0 Å². The van der Waals surface area contributed by atoms with Gasteiger partial charge in [0, 0.05) is 32.2 Å². The van der Waals surface area contributed by atoms with E-state index in [1.165, 1.54) is 5.56 Å². The molecular formula is C14H22N2O. The molecule has 94 valence electrons. The molecule has 0 aromatic heterocycles. The van der Waals surface area contributed by atoms with Crippen molar-refractivity contribution in [3.8, 4) is 0 Å². The molecule has 3 nitrogen and oxygen atoms in total. The van der Waals surface area contributed by atoms with Gasteiger partial charge in [0.2, 0.25) is 0 Å². The number of hydrogen-bond acceptors (Lipinski definition) is 3. The molecule has 0 saturated carbocycles. The maximum absolute atomic E-state index is 10.2. The number of nitrogens with one attached hydrogen (secondary N) is 1. The molecule has 0 bridgehead atoms. The van der Waals surface area contributed by atoms with Crippen molar-refractivity contribution in [2.45, 2.75) is 32.0 Å². The topological polar surface area (TPSA) is 35.5 Å². The summed E-state index contributed by atoms with van der Waals surface area (Å²) in [6.07, 6.45) is 0. The lowest BCUT2D eigenvalue weighted by molar-refractivity contribution is 0.0238. The Morgan fingerprint density at radius 3 is 2.82 bits per heavy atom. The first-order chi connectivity index (χ1) is 8.07. The van der Waals surface area contributed by atoms with Gasteiger partial charge in [-0.2, -0.15) is 0 Å². The maximum Gasteiger partial charge on any atom is 0.0869 e. The van der Waals surface area contributed by atoms with E-state index >= 15 is 0 Å². The van der Waals surface area contributed by atoms with E-state index in [1.807, 2.05) is 13.0 Å². The van der Waals surface area contributed by atoms with E-state index in [0.29, 0.717) is 12.6 Å². The molecule has 2 N–H and O–H groups in total. The first-order valence-corrected chi connectivity index (χ1v) is 6.28. The first-order valence-electron chi connectivity index (χ1n) is 6.28. The van der Waals surface area contributed by atoms with Crippen LogP contribution < -0.4 is 5.32 Å². The molecule has 1 fully saturated rings. The minimum Gasteiger partial charge on any atom is -0.388 e.